The maximum Gasteiger partial charge on any atom is 1.00 e. The van der Waals surface area contributed by atoms with E-state index in [1.165, 1.54) is 96.3 Å². The first-order valence-corrected chi connectivity index (χ1v) is 10.2. The zero-order chi connectivity index (χ0) is 15.4. The molecule has 0 amide bonds. The van der Waals surface area contributed by atoms with Gasteiger partial charge in [0.1, 0.15) is 6.61 Å². The third-order valence-corrected chi connectivity index (χ3v) is 4.48. The Morgan fingerprint density at radius 3 is 1.27 bits per heavy atom. The smallest absolute Gasteiger partial charge is 1.00 e. The van der Waals surface area contributed by atoms with Crippen molar-refractivity contribution in [2.75, 3.05) is 6.61 Å². The van der Waals surface area contributed by atoms with Crippen LogP contribution in [-0.2, 0) is 9.09 Å². The molecule has 0 aromatic heterocycles. The maximum absolute atomic E-state index is 10.1. The summed E-state index contributed by atoms with van der Waals surface area (Å²) in [4.78, 5) is 0. The average Bonchev–Trinajstić information content (AvgIpc) is 2.50. The topological polar surface area (TPSA) is 26.3 Å². The summed E-state index contributed by atoms with van der Waals surface area (Å²) in [5.74, 6) is 0. The third-order valence-electron chi connectivity index (χ3n) is 4.16. The molecule has 0 aromatic carbocycles. The summed E-state index contributed by atoms with van der Waals surface area (Å²) in [6.45, 7) is 2.95. The van der Waals surface area contributed by atoms with Gasteiger partial charge in [-0.05, 0) is 11.0 Å². The second kappa shape index (κ2) is 24.3. The molecular weight excluding hydrogens is 302 g/mol. The van der Waals surface area contributed by atoms with Crippen LogP contribution in [0.1, 0.15) is 111 Å². The molecule has 0 N–H and O–H groups in total. The van der Waals surface area contributed by atoms with E-state index in [0.717, 1.165) is 6.42 Å². The predicted octanol–water partition coefficient (Wildman–Crippen LogP) is 4.32. The van der Waals surface area contributed by atoms with E-state index in [4.69, 9.17) is 4.52 Å². The van der Waals surface area contributed by atoms with Crippen molar-refractivity contribution in [3.8, 4) is 0 Å². The molecule has 0 aliphatic carbocycles. The molecule has 2 nitrogen and oxygen atoms in total. The molecule has 0 aliphatic heterocycles. The Morgan fingerprint density at radius 1 is 0.636 bits per heavy atom. The van der Waals surface area contributed by atoms with Gasteiger partial charge in [0.2, 0.25) is 0 Å². The van der Waals surface area contributed by atoms with Crippen LogP contribution in [0.4, 0.5) is 0 Å². The molecular formula is C18H39NaO2P+. The van der Waals surface area contributed by atoms with Crippen LogP contribution in [0.25, 0.3) is 0 Å². The minimum atomic E-state index is -0.581. The Bertz CT molecular complexity index is 209. The summed E-state index contributed by atoms with van der Waals surface area (Å²) in [7, 11) is -0.581. The number of hydrogen-bond acceptors (Lipinski definition) is 2. The van der Waals surface area contributed by atoms with Gasteiger partial charge in [-0.1, -0.05) is 103 Å². The van der Waals surface area contributed by atoms with Crippen molar-refractivity contribution < 1.29 is 40.1 Å². The second-order valence-corrected chi connectivity index (χ2v) is 6.69. The van der Waals surface area contributed by atoms with Crippen LogP contribution in [-0.4, -0.2) is 6.61 Å². The van der Waals surface area contributed by atoms with Crippen LogP contribution >= 0.6 is 8.69 Å². The first-order chi connectivity index (χ1) is 10.4. The van der Waals surface area contributed by atoms with E-state index in [-0.39, 0.29) is 31.0 Å². The van der Waals surface area contributed by atoms with Crippen molar-refractivity contribution in [3.63, 3.8) is 0 Å². The SMILES string of the molecule is CCCCCCCCCCCCCCCCCCO[PH+]=O.[H-].[Na+]. The summed E-state index contributed by atoms with van der Waals surface area (Å²) >= 11 is 0. The molecule has 0 aliphatic rings. The van der Waals surface area contributed by atoms with Gasteiger partial charge in [0.15, 0.2) is 0 Å². The third kappa shape index (κ3) is 23.3. The van der Waals surface area contributed by atoms with Gasteiger partial charge >= 0.3 is 38.2 Å². The van der Waals surface area contributed by atoms with E-state index in [2.05, 4.69) is 6.92 Å². The molecule has 128 valence electrons. The average molecular weight is 341 g/mol. The predicted molar refractivity (Wildman–Crippen MR) is 95.6 cm³/mol. The van der Waals surface area contributed by atoms with Gasteiger partial charge in [-0.15, -0.1) is 4.52 Å². The molecule has 22 heavy (non-hydrogen) atoms. The molecule has 1 atom stereocenters. The van der Waals surface area contributed by atoms with Crippen molar-refractivity contribution in [2.24, 2.45) is 0 Å². The summed E-state index contributed by atoms with van der Waals surface area (Å²) < 4.78 is 14.9. The van der Waals surface area contributed by atoms with Crippen molar-refractivity contribution in [1.82, 2.24) is 0 Å². The number of rotatable bonds is 18. The van der Waals surface area contributed by atoms with Gasteiger partial charge in [-0.2, -0.15) is 0 Å². The van der Waals surface area contributed by atoms with Crippen molar-refractivity contribution >= 4 is 8.69 Å². The van der Waals surface area contributed by atoms with Crippen molar-refractivity contribution in [2.45, 2.75) is 110 Å². The largest absolute Gasteiger partial charge is 1.00 e. The van der Waals surface area contributed by atoms with Crippen LogP contribution in [0, 0.1) is 0 Å². The molecule has 0 fully saturated rings. The standard InChI is InChI=1S/C18H38O2P.Na.H/c1-2-3-4-5-6-7-8-9-10-11-12-13-14-15-16-17-18-20-21-19;;/h21H,2-18H2,1H3;;/q2*+1;-1. The molecule has 0 bridgehead atoms. The molecule has 0 aromatic rings. The monoisotopic (exact) mass is 341 g/mol. The number of unbranched alkanes of at least 4 members (excludes halogenated alkanes) is 15. The summed E-state index contributed by atoms with van der Waals surface area (Å²) in [5.41, 5.74) is 0. The Hall–Kier alpha value is 1.06. The fourth-order valence-electron chi connectivity index (χ4n) is 2.76. The van der Waals surface area contributed by atoms with Crippen molar-refractivity contribution in [3.05, 3.63) is 0 Å². The molecule has 0 rings (SSSR count). The fourth-order valence-corrected chi connectivity index (χ4v) is 2.99. The molecule has 0 spiro atoms. The van der Waals surface area contributed by atoms with E-state index in [1.807, 2.05) is 0 Å². The van der Waals surface area contributed by atoms with E-state index in [9.17, 15) is 4.57 Å². The van der Waals surface area contributed by atoms with Crippen LogP contribution in [0.2, 0.25) is 0 Å². The maximum atomic E-state index is 10.1. The molecule has 4 heteroatoms. The first-order valence-electron chi connectivity index (χ1n) is 9.40. The van der Waals surface area contributed by atoms with Crippen LogP contribution in [0.15, 0.2) is 0 Å². The van der Waals surface area contributed by atoms with E-state index < -0.39 is 8.69 Å². The molecule has 0 heterocycles. The van der Waals surface area contributed by atoms with Gasteiger partial charge in [-0.25, -0.2) is 0 Å². The van der Waals surface area contributed by atoms with Gasteiger partial charge in [0.25, 0.3) is 0 Å². The Labute approximate surface area is 164 Å². The van der Waals surface area contributed by atoms with Gasteiger partial charge in [-0.3, -0.25) is 0 Å². The van der Waals surface area contributed by atoms with Gasteiger partial charge in [0, 0.05) is 0 Å². The van der Waals surface area contributed by atoms with E-state index in [0.29, 0.717) is 6.61 Å². The minimum Gasteiger partial charge on any atom is -1.00 e. The van der Waals surface area contributed by atoms with E-state index in [1.54, 1.807) is 0 Å². The Kier molecular flexibility index (Phi) is 28.0. The minimum absolute atomic E-state index is 0. The van der Waals surface area contributed by atoms with Crippen LogP contribution in [0.5, 0.6) is 0 Å². The Balaban J connectivity index is -0.00000200. The zero-order valence-corrected chi connectivity index (χ0v) is 18.3. The van der Waals surface area contributed by atoms with Gasteiger partial charge < -0.3 is 1.43 Å². The van der Waals surface area contributed by atoms with Crippen LogP contribution < -0.4 is 29.6 Å². The molecule has 0 saturated heterocycles. The number of hydrogen-bond donors (Lipinski definition) is 0. The quantitative estimate of drug-likeness (QED) is 0.211. The summed E-state index contributed by atoms with van der Waals surface area (Å²) in [5, 5.41) is 0. The summed E-state index contributed by atoms with van der Waals surface area (Å²) in [6, 6.07) is 0. The fraction of sp³-hybridized carbons (Fsp3) is 1.00. The molecule has 0 saturated carbocycles. The van der Waals surface area contributed by atoms with Gasteiger partial charge in [0.05, 0.1) is 0 Å². The zero-order valence-electron chi connectivity index (χ0n) is 16.3. The summed E-state index contributed by atoms with van der Waals surface area (Å²) in [6.07, 6.45) is 22.1. The molecule has 0 radical (unpaired) electrons. The first kappa shape index (κ1) is 25.3. The second-order valence-electron chi connectivity index (χ2n) is 6.24. The van der Waals surface area contributed by atoms with E-state index >= 15 is 0 Å². The normalized spacial score (nSPS) is 10.8. The molecule has 1 unspecified atom stereocenters. The van der Waals surface area contributed by atoms with Crippen LogP contribution in [0.3, 0.4) is 0 Å². The Morgan fingerprint density at radius 2 is 0.955 bits per heavy atom. The van der Waals surface area contributed by atoms with Crippen molar-refractivity contribution in [1.29, 1.82) is 0 Å².